The van der Waals surface area contributed by atoms with Crippen LogP contribution in [0.2, 0.25) is 0 Å². The molecule has 19 heavy (non-hydrogen) atoms. The van der Waals surface area contributed by atoms with Gasteiger partial charge >= 0.3 is 0 Å². The van der Waals surface area contributed by atoms with E-state index in [0.717, 1.165) is 6.42 Å². The Morgan fingerprint density at radius 2 is 1.21 bits per heavy atom. The van der Waals surface area contributed by atoms with Crippen molar-refractivity contribution in [3.05, 3.63) is 6.92 Å². The third-order valence-corrected chi connectivity index (χ3v) is 3.58. The van der Waals surface area contributed by atoms with E-state index >= 15 is 0 Å². The first-order valence-electron chi connectivity index (χ1n) is 8.37. The second-order valence-corrected chi connectivity index (χ2v) is 5.49. The molecule has 113 valence electrons. The molecule has 0 bridgehead atoms. The Bertz CT molecular complexity index is 192. The zero-order chi connectivity index (χ0) is 14.2. The lowest BCUT2D eigenvalue weighted by atomic mass is 10.0. The Labute approximate surface area is 120 Å². The van der Waals surface area contributed by atoms with Gasteiger partial charge in [-0.2, -0.15) is 0 Å². The maximum absolute atomic E-state index is 11.2. The third-order valence-electron chi connectivity index (χ3n) is 3.58. The predicted molar refractivity (Wildman–Crippen MR) is 84.1 cm³/mol. The Hall–Kier alpha value is -0.530. The molecule has 0 aromatic heterocycles. The summed E-state index contributed by atoms with van der Waals surface area (Å²) in [6.07, 6.45) is 16.7. The van der Waals surface area contributed by atoms with E-state index in [2.05, 4.69) is 19.2 Å². The molecule has 1 radical (unpaired) electrons. The monoisotopic (exact) mass is 268 g/mol. The fraction of sp³-hybridized carbons (Fsp3) is 0.882. The molecule has 0 aliphatic carbocycles. The summed E-state index contributed by atoms with van der Waals surface area (Å²) in [6.45, 7) is 6.38. The molecule has 0 aromatic carbocycles. The molecule has 0 spiro atoms. The van der Waals surface area contributed by atoms with Crippen LogP contribution in [-0.4, -0.2) is 12.5 Å². The van der Waals surface area contributed by atoms with E-state index in [-0.39, 0.29) is 5.91 Å². The van der Waals surface area contributed by atoms with Gasteiger partial charge in [0, 0.05) is 13.0 Å². The van der Waals surface area contributed by atoms with Crippen LogP contribution in [0.1, 0.15) is 90.4 Å². The van der Waals surface area contributed by atoms with Gasteiger partial charge in [0.05, 0.1) is 0 Å². The molecule has 2 heteroatoms. The molecule has 0 aliphatic rings. The van der Waals surface area contributed by atoms with Crippen molar-refractivity contribution in [3.8, 4) is 0 Å². The molecule has 0 saturated heterocycles. The van der Waals surface area contributed by atoms with E-state index in [9.17, 15) is 4.79 Å². The van der Waals surface area contributed by atoms with Gasteiger partial charge in [-0.05, 0) is 13.3 Å². The van der Waals surface area contributed by atoms with E-state index in [1.807, 2.05) is 0 Å². The van der Waals surface area contributed by atoms with E-state index in [0.29, 0.717) is 13.0 Å². The molecular formula is C17H34NO. The topological polar surface area (TPSA) is 29.1 Å². The molecule has 1 amide bonds. The Morgan fingerprint density at radius 3 is 1.63 bits per heavy atom. The third kappa shape index (κ3) is 15.4. The maximum Gasteiger partial charge on any atom is 0.219 e. The number of unbranched alkanes of at least 4 members (excludes halogenated alkanes) is 11. The first-order chi connectivity index (χ1) is 9.31. The Balaban J connectivity index is 3.01. The number of hydrogen-bond donors (Lipinski definition) is 1. The van der Waals surface area contributed by atoms with Crippen molar-refractivity contribution in [2.24, 2.45) is 0 Å². The molecule has 0 aliphatic heterocycles. The number of carbonyl (C=O) groups is 1. The van der Waals surface area contributed by atoms with Crippen LogP contribution in [0.25, 0.3) is 0 Å². The fourth-order valence-corrected chi connectivity index (χ4v) is 2.35. The molecule has 0 atom stereocenters. The standard InChI is InChI=1S/C17H34NO/c1-3-5-6-7-8-9-10-11-12-13-14-15-16-17(19)18-4-2/h2-16H2,1H3,(H,18,19). The lowest BCUT2D eigenvalue weighted by molar-refractivity contribution is -0.121. The minimum absolute atomic E-state index is 0.155. The van der Waals surface area contributed by atoms with Gasteiger partial charge in [0.1, 0.15) is 0 Å². The molecule has 2 nitrogen and oxygen atoms in total. The predicted octanol–water partition coefficient (Wildman–Crippen LogP) is 5.03. The lowest BCUT2D eigenvalue weighted by Crippen LogP contribution is -2.22. The summed E-state index contributed by atoms with van der Waals surface area (Å²) in [5.41, 5.74) is 0. The summed E-state index contributed by atoms with van der Waals surface area (Å²) in [5, 5.41) is 2.74. The van der Waals surface area contributed by atoms with Crippen molar-refractivity contribution >= 4 is 5.91 Å². The molecule has 0 unspecified atom stereocenters. The van der Waals surface area contributed by atoms with Crippen molar-refractivity contribution in [3.63, 3.8) is 0 Å². The van der Waals surface area contributed by atoms with Crippen molar-refractivity contribution in [2.75, 3.05) is 6.54 Å². The van der Waals surface area contributed by atoms with Crippen LogP contribution in [0, 0.1) is 6.92 Å². The van der Waals surface area contributed by atoms with Crippen LogP contribution in [0.4, 0.5) is 0 Å². The van der Waals surface area contributed by atoms with Crippen LogP contribution >= 0.6 is 0 Å². The summed E-state index contributed by atoms with van der Waals surface area (Å²) < 4.78 is 0. The van der Waals surface area contributed by atoms with Crippen LogP contribution < -0.4 is 5.32 Å². The van der Waals surface area contributed by atoms with Crippen molar-refractivity contribution < 1.29 is 4.79 Å². The highest BCUT2D eigenvalue weighted by atomic mass is 16.1. The number of amides is 1. The molecule has 0 saturated carbocycles. The van der Waals surface area contributed by atoms with E-state index in [4.69, 9.17) is 0 Å². The average Bonchev–Trinajstić information content (AvgIpc) is 2.40. The van der Waals surface area contributed by atoms with Gasteiger partial charge in [-0.25, -0.2) is 0 Å². The Morgan fingerprint density at radius 1 is 0.789 bits per heavy atom. The largest absolute Gasteiger partial charge is 0.356 e. The van der Waals surface area contributed by atoms with Crippen LogP contribution in [0.15, 0.2) is 0 Å². The molecule has 0 heterocycles. The summed E-state index contributed by atoms with van der Waals surface area (Å²) in [6, 6.07) is 0. The highest BCUT2D eigenvalue weighted by Gasteiger charge is 1.98. The highest BCUT2D eigenvalue weighted by molar-refractivity contribution is 5.75. The van der Waals surface area contributed by atoms with Gasteiger partial charge in [-0.15, -0.1) is 0 Å². The van der Waals surface area contributed by atoms with Gasteiger partial charge in [-0.1, -0.05) is 77.6 Å². The summed E-state index contributed by atoms with van der Waals surface area (Å²) >= 11 is 0. The van der Waals surface area contributed by atoms with E-state index in [1.54, 1.807) is 0 Å². The van der Waals surface area contributed by atoms with Crippen molar-refractivity contribution in [2.45, 2.75) is 90.4 Å². The van der Waals surface area contributed by atoms with Crippen LogP contribution in [-0.2, 0) is 4.79 Å². The first-order valence-corrected chi connectivity index (χ1v) is 8.37. The number of carbonyl (C=O) groups excluding carboxylic acids is 1. The van der Waals surface area contributed by atoms with Crippen molar-refractivity contribution in [1.29, 1.82) is 0 Å². The van der Waals surface area contributed by atoms with E-state index < -0.39 is 0 Å². The van der Waals surface area contributed by atoms with Gasteiger partial charge in [0.2, 0.25) is 5.91 Å². The molecular weight excluding hydrogens is 234 g/mol. The summed E-state index contributed by atoms with van der Waals surface area (Å²) in [5.74, 6) is 0.155. The van der Waals surface area contributed by atoms with Gasteiger partial charge < -0.3 is 5.32 Å². The molecule has 0 fully saturated rings. The SMILES string of the molecule is [CH2]CNC(=O)CCCCCCCCCCCCCC. The normalized spacial score (nSPS) is 10.6. The van der Waals surface area contributed by atoms with Gasteiger partial charge in [-0.3, -0.25) is 4.79 Å². The average molecular weight is 268 g/mol. The van der Waals surface area contributed by atoms with Gasteiger partial charge in [0.15, 0.2) is 0 Å². The van der Waals surface area contributed by atoms with Crippen LogP contribution in [0.3, 0.4) is 0 Å². The molecule has 0 aromatic rings. The summed E-state index contributed by atoms with van der Waals surface area (Å²) in [4.78, 5) is 11.2. The minimum Gasteiger partial charge on any atom is -0.356 e. The quantitative estimate of drug-likeness (QED) is 0.440. The first kappa shape index (κ1) is 18.5. The lowest BCUT2D eigenvalue weighted by Gasteiger charge is -2.03. The maximum atomic E-state index is 11.2. The summed E-state index contributed by atoms with van der Waals surface area (Å²) in [7, 11) is 0. The second-order valence-electron chi connectivity index (χ2n) is 5.49. The second kappa shape index (κ2) is 15.5. The number of nitrogens with one attached hydrogen (secondary N) is 1. The fourth-order valence-electron chi connectivity index (χ4n) is 2.35. The number of hydrogen-bond acceptors (Lipinski definition) is 1. The molecule has 1 N–H and O–H groups in total. The Kier molecular flexibility index (Phi) is 15.1. The molecule has 0 rings (SSSR count). The van der Waals surface area contributed by atoms with E-state index in [1.165, 1.54) is 70.6 Å². The number of rotatable bonds is 14. The highest BCUT2D eigenvalue weighted by Crippen LogP contribution is 2.12. The minimum atomic E-state index is 0.155. The zero-order valence-corrected chi connectivity index (χ0v) is 13.0. The van der Waals surface area contributed by atoms with Gasteiger partial charge in [0.25, 0.3) is 0 Å². The van der Waals surface area contributed by atoms with Crippen molar-refractivity contribution in [1.82, 2.24) is 5.32 Å². The zero-order valence-electron chi connectivity index (χ0n) is 13.0. The van der Waals surface area contributed by atoms with Crippen LogP contribution in [0.5, 0.6) is 0 Å². The smallest absolute Gasteiger partial charge is 0.219 e.